The lowest BCUT2D eigenvalue weighted by atomic mass is 10.2. The van der Waals surface area contributed by atoms with E-state index < -0.39 is 15.4 Å². The van der Waals surface area contributed by atoms with Gasteiger partial charge in [-0.25, -0.2) is 8.42 Å². The molecule has 0 aliphatic rings. The zero-order chi connectivity index (χ0) is 17.8. The van der Waals surface area contributed by atoms with Crippen LogP contribution in [0.4, 0.5) is 0 Å². The third-order valence-corrected chi connectivity index (χ3v) is 6.02. The standard InChI is InChI=1S/C16H11ClN4O3S/c1-9-6-7-13(11(17)8-9)25(23,24)16-14-18-15(22)10-4-2-3-5-12(10)21(14)20-19-16/h2-8H,1H3,(H,18,22). The SMILES string of the molecule is Cc1ccc(S(=O)(=O)c2nnn3c2[nH]c(=O)c2ccccc23)c(Cl)c1. The van der Waals surface area contributed by atoms with Crippen LogP contribution in [0.25, 0.3) is 16.6 Å². The van der Waals surface area contributed by atoms with Crippen molar-refractivity contribution in [3.05, 3.63) is 63.4 Å². The van der Waals surface area contributed by atoms with E-state index in [2.05, 4.69) is 15.3 Å². The number of halogens is 1. The molecule has 0 saturated heterocycles. The van der Waals surface area contributed by atoms with E-state index in [1.807, 2.05) is 0 Å². The Balaban J connectivity index is 2.06. The van der Waals surface area contributed by atoms with Gasteiger partial charge in [0.05, 0.1) is 20.8 Å². The summed E-state index contributed by atoms with van der Waals surface area (Å²) in [5, 5.41) is 7.82. The molecular formula is C16H11ClN4O3S. The minimum Gasteiger partial charge on any atom is -0.304 e. The molecule has 2 aromatic carbocycles. The molecule has 25 heavy (non-hydrogen) atoms. The third kappa shape index (κ3) is 2.33. The van der Waals surface area contributed by atoms with Crippen LogP contribution in [0.2, 0.25) is 5.02 Å². The quantitative estimate of drug-likeness (QED) is 0.581. The molecule has 0 radical (unpaired) electrons. The number of para-hydroxylation sites is 1. The Hall–Kier alpha value is -2.71. The van der Waals surface area contributed by atoms with E-state index in [-0.39, 0.29) is 20.6 Å². The molecular weight excluding hydrogens is 364 g/mol. The van der Waals surface area contributed by atoms with Crippen molar-refractivity contribution < 1.29 is 8.42 Å². The van der Waals surface area contributed by atoms with Crippen LogP contribution in [-0.4, -0.2) is 28.2 Å². The van der Waals surface area contributed by atoms with Crippen molar-refractivity contribution in [3.8, 4) is 0 Å². The molecule has 4 aromatic rings. The Labute approximate surface area is 146 Å². The number of hydrogen-bond acceptors (Lipinski definition) is 5. The number of nitrogens with zero attached hydrogens (tertiary/aromatic N) is 3. The molecule has 0 fully saturated rings. The lowest BCUT2D eigenvalue weighted by Crippen LogP contribution is -2.12. The van der Waals surface area contributed by atoms with E-state index in [1.54, 1.807) is 43.3 Å². The minimum atomic E-state index is -4.05. The molecule has 0 spiro atoms. The maximum Gasteiger partial charge on any atom is 0.259 e. The second kappa shape index (κ2) is 5.40. The first-order valence-corrected chi connectivity index (χ1v) is 9.13. The van der Waals surface area contributed by atoms with Gasteiger partial charge in [-0.2, -0.15) is 4.52 Å². The first-order valence-electron chi connectivity index (χ1n) is 7.27. The van der Waals surface area contributed by atoms with Crippen molar-refractivity contribution in [1.82, 2.24) is 19.8 Å². The van der Waals surface area contributed by atoms with Gasteiger partial charge in [0, 0.05) is 0 Å². The fourth-order valence-corrected chi connectivity index (χ4v) is 4.52. The molecule has 0 unspecified atom stereocenters. The number of H-pyrrole nitrogens is 1. The van der Waals surface area contributed by atoms with E-state index in [0.717, 1.165) is 5.56 Å². The number of aryl methyl sites for hydroxylation is 1. The molecule has 7 nitrogen and oxygen atoms in total. The summed E-state index contributed by atoms with van der Waals surface area (Å²) in [7, 11) is -4.05. The summed E-state index contributed by atoms with van der Waals surface area (Å²) in [5.74, 6) is 0. The molecule has 126 valence electrons. The first kappa shape index (κ1) is 15.8. The molecule has 0 aliphatic heterocycles. The average Bonchev–Trinajstić information content (AvgIpc) is 2.99. The summed E-state index contributed by atoms with van der Waals surface area (Å²) in [5.41, 5.74) is 0.874. The first-order chi connectivity index (χ1) is 11.9. The van der Waals surface area contributed by atoms with Crippen LogP contribution >= 0.6 is 11.6 Å². The van der Waals surface area contributed by atoms with Crippen LogP contribution in [0.15, 0.2) is 57.2 Å². The van der Waals surface area contributed by atoms with Crippen molar-refractivity contribution in [2.24, 2.45) is 0 Å². The summed E-state index contributed by atoms with van der Waals surface area (Å²) in [6.45, 7) is 1.81. The number of rotatable bonds is 2. The van der Waals surface area contributed by atoms with E-state index >= 15 is 0 Å². The van der Waals surface area contributed by atoms with Gasteiger partial charge in [0.15, 0.2) is 5.65 Å². The largest absolute Gasteiger partial charge is 0.304 e. The Bertz CT molecular complexity index is 1310. The van der Waals surface area contributed by atoms with Gasteiger partial charge in [-0.3, -0.25) is 4.79 Å². The topological polar surface area (TPSA) is 97.2 Å². The summed E-state index contributed by atoms with van der Waals surface area (Å²) in [6, 6.07) is 11.3. The van der Waals surface area contributed by atoms with Gasteiger partial charge >= 0.3 is 0 Å². The highest BCUT2D eigenvalue weighted by Gasteiger charge is 2.28. The van der Waals surface area contributed by atoms with Gasteiger partial charge in [0.25, 0.3) is 5.56 Å². The highest BCUT2D eigenvalue weighted by molar-refractivity contribution is 7.91. The van der Waals surface area contributed by atoms with Crippen LogP contribution in [-0.2, 0) is 9.84 Å². The van der Waals surface area contributed by atoms with Crippen LogP contribution in [0.3, 0.4) is 0 Å². The van der Waals surface area contributed by atoms with Crippen LogP contribution in [0, 0.1) is 6.92 Å². The van der Waals surface area contributed by atoms with E-state index in [4.69, 9.17) is 11.6 Å². The van der Waals surface area contributed by atoms with Gasteiger partial charge in [-0.05, 0) is 36.8 Å². The highest BCUT2D eigenvalue weighted by Crippen LogP contribution is 2.29. The Morgan fingerprint density at radius 1 is 1.16 bits per heavy atom. The molecule has 0 atom stereocenters. The predicted molar refractivity (Wildman–Crippen MR) is 92.8 cm³/mol. The molecule has 0 bridgehead atoms. The van der Waals surface area contributed by atoms with E-state index in [1.165, 1.54) is 10.6 Å². The second-order valence-corrected chi connectivity index (χ2v) is 7.80. The highest BCUT2D eigenvalue weighted by atomic mass is 35.5. The van der Waals surface area contributed by atoms with Crippen molar-refractivity contribution >= 4 is 38.0 Å². The lowest BCUT2D eigenvalue weighted by Gasteiger charge is -2.05. The average molecular weight is 375 g/mol. The van der Waals surface area contributed by atoms with Gasteiger partial charge in [-0.15, -0.1) is 5.10 Å². The minimum absolute atomic E-state index is 0.000316. The van der Waals surface area contributed by atoms with E-state index in [9.17, 15) is 13.2 Å². The normalized spacial score (nSPS) is 12.1. The fourth-order valence-electron chi connectivity index (χ4n) is 2.68. The second-order valence-electron chi connectivity index (χ2n) is 5.56. The Morgan fingerprint density at radius 3 is 2.68 bits per heavy atom. The van der Waals surface area contributed by atoms with Crippen molar-refractivity contribution in [2.75, 3.05) is 0 Å². The summed E-state index contributed by atoms with van der Waals surface area (Å²) in [4.78, 5) is 14.7. The fraction of sp³-hybridized carbons (Fsp3) is 0.0625. The smallest absolute Gasteiger partial charge is 0.259 e. The zero-order valence-corrected chi connectivity index (χ0v) is 14.5. The number of sulfone groups is 1. The number of fused-ring (bicyclic) bond motifs is 3. The third-order valence-electron chi connectivity index (χ3n) is 3.88. The maximum atomic E-state index is 13.0. The zero-order valence-electron chi connectivity index (χ0n) is 12.9. The Kier molecular flexibility index (Phi) is 3.41. The maximum absolute atomic E-state index is 13.0. The summed E-state index contributed by atoms with van der Waals surface area (Å²) >= 11 is 6.10. The predicted octanol–water partition coefficient (Wildman–Crippen LogP) is 2.37. The molecule has 2 aromatic heterocycles. The number of hydrogen-bond donors (Lipinski definition) is 1. The number of benzene rings is 2. The summed E-state index contributed by atoms with van der Waals surface area (Å²) in [6.07, 6.45) is 0. The molecule has 0 saturated carbocycles. The summed E-state index contributed by atoms with van der Waals surface area (Å²) < 4.78 is 27.2. The number of aromatic nitrogens is 4. The molecule has 1 N–H and O–H groups in total. The molecule has 4 rings (SSSR count). The number of aromatic amines is 1. The van der Waals surface area contributed by atoms with Crippen molar-refractivity contribution in [3.63, 3.8) is 0 Å². The van der Waals surface area contributed by atoms with Gasteiger partial charge in [0.1, 0.15) is 0 Å². The van der Waals surface area contributed by atoms with Gasteiger partial charge in [-0.1, -0.05) is 35.0 Å². The monoisotopic (exact) mass is 374 g/mol. The van der Waals surface area contributed by atoms with Crippen LogP contribution < -0.4 is 5.56 Å². The Morgan fingerprint density at radius 2 is 1.92 bits per heavy atom. The molecule has 9 heteroatoms. The van der Waals surface area contributed by atoms with E-state index in [0.29, 0.717) is 10.9 Å². The van der Waals surface area contributed by atoms with Crippen molar-refractivity contribution in [2.45, 2.75) is 16.8 Å². The van der Waals surface area contributed by atoms with Gasteiger partial charge < -0.3 is 4.98 Å². The molecule has 2 heterocycles. The molecule has 0 aliphatic carbocycles. The van der Waals surface area contributed by atoms with Crippen LogP contribution in [0.5, 0.6) is 0 Å². The van der Waals surface area contributed by atoms with Crippen molar-refractivity contribution in [1.29, 1.82) is 0 Å². The lowest BCUT2D eigenvalue weighted by molar-refractivity contribution is 0.592. The van der Waals surface area contributed by atoms with Crippen LogP contribution in [0.1, 0.15) is 5.56 Å². The van der Waals surface area contributed by atoms with Gasteiger partial charge in [0.2, 0.25) is 14.9 Å². The number of nitrogens with one attached hydrogen (secondary N) is 1. The molecule has 0 amide bonds.